The van der Waals surface area contributed by atoms with Crippen LogP contribution < -0.4 is 0 Å². The predicted octanol–water partition coefficient (Wildman–Crippen LogP) is 3.78. The van der Waals surface area contributed by atoms with Gasteiger partial charge >= 0.3 is 0 Å². The van der Waals surface area contributed by atoms with Crippen molar-refractivity contribution in [3.05, 3.63) is 47.8 Å². The Morgan fingerprint density at radius 2 is 1.84 bits per heavy atom. The topological polar surface area (TPSA) is 6.48 Å². The van der Waals surface area contributed by atoms with Gasteiger partial charge in [0.05, 0.1) is 6.67 Å². The normalized spacial score (nSPS) is 23.3. The Bertz CT molecular complexity index is 470. The van der Waals surface area contributed by atoms with Gasteiger partial charge in [-0.3, -0.25) is 0 Å². The highest BCUT2D eigenvalue weighted by Gasteiger charge is 2.34. The molecule has 1 atom stereocenters. The molecule has 0 saturated carbocycles. The first kappa shape index (κ1) is 12.6. The summed E-state index contributed by atoms with van der Waals surface area (Å²) in [4.78, 5) is 5.04. The molecule has 1 aromatic carbocycles. The summed E-state index contributed by atoms with van der Waals surface area (Å²) in [5.41, 5.74) is 3.20. The van der Waals surface area contributed by atoms with Gasteiger partial charge in [0.15, 0.2) is 0 Å². The van der Waals surface area contributed by atoms with Crippen molar-refractivity contribution in [1.29, 1.82) is 0 Å². The van der Waals surface area contributed by atoms with Crippen molar-refractivity contribution in [3.63, 3.8) is 0 Å². The average molecular weight is 256 g/mol. The van der Waals surface area contributed by atoms with E-state index in [0.29, 0.717) is 5.92 Å². The molecule has 0 bridgehead atoms. The highest BCUT2D eigenvalue weighted by molar-refractivity contribution is 5.31. The minimum Gasteiger partial charge on any atom is -0.355 e. The first-order valence-electron chi connectivity index (χ1n) is 7.34. The summed E-state index contributed by atoms with van der Waals surface area (Å²) < 4.78 is 0. The summed E-state index contributed by atoms with van der Waals surface area (Å²) in [6, 6.07) is 11.0. The largest absolute Gasteiger partial charge is 0.355 e. The molecule has 1 saturated heterocycles. The number of piperidine rings is 1. The van der Waals surface area contributed by atoms with Gasteiger partial charge in [-0.05, 0) is 39.2 Å². The maximum Gasteiger partial charge on any atom is 0.0901 e. The fourth-order valence-corrected chi connectivity index (χ4v) is 3.12. The van der Waals surface area contributed by atoms with E-state index in [4.69, 9.17) is 0 Å². The molecule has 1 unspecified atom stereocenters. The van der Waals surface area contributed by atoms with Crippen LogP contribution in [0.15, 0.2) is 42.2 Å². The fraction of sp³-hybridized carbons (Fsp3) is 0.529. The number of allylic oxidation sites excluding steroid dienone is 1. The van der Waals surface area contributed by atoms with Crippen LogP contribution in [0.2, 0.25) is 0 Å². The molecule has 0 radical (unpaired) electrons. The zero-order chi connectivity index (χ0) is 13.5. The van der Waals surface area contributed by atoms with Gasteiger partial charge < -0.3 is 9.80 Å². The molecule has 1 fully saturated rings. The maximum absolute atomic E-state index is 2.56. The van der Waals surface area contributed by atoms with Gasteiger partial charge in [-0.1, -0.05) is 30.3 Å². The van der Waals surface area contributed by atoms with Crippen molar-refractivity contribution >= 4 is 0 Å². The highest BCUT2D eigenvalue weighted by Crippen LogP contribution is 2.39. The van der Waals surface area contributed by atoms with E-state index in [1.165, 1.54) is 30.6 Å². The summed E-state index contributed by atoms with van der Waals surface area (Å²) in [6.07, 6.45) is 4.98. The summed E-state index contributed by atoms with van der Waals surface area (Å²) in [7, 11) is 0. The Morgan fingerprint density at radius 1 is 1.11 bits per heavy atom. The number of rotatable bonds is 1. The molecule has 2 heterocycles. The monoisotopic (exact) mass is 256 g/mol. The maximum atomic E-state index is 2.56. The zero-order valence-electron chi connectivity index (χ0n) is 12.3. The van der Waals surface area contributed by atoms with Crippen molar-refractivity contribution in [1.82, 2.24) is 9.80 Å². The van der Waals surface area contributed by atoms with Crippen molar-refractivity contribution in [2.45, 2.75) is 45.1 Å². The Balaban J connectivity index is 1.90. The minimum absolute atomic E-state index is 0.214. The molecule has 2 aliphatic heterocycles. The Morgan fingerprint density at radius 3 is 2.53 bits per heavy atom. The molecular weight excluding hydrogens is 232 g/mol. The van der Waals surface area contributed by atoms with Crippen LogP contribution in [-0.2, 0) is 0 Å². The van der Waals surface area contributed by atoms with Crippen molar-refractivity contribution in [2.75, 3.05) is 13.2 Å². The number of nitrogens with zero attached hydrogens (tertiary/aromatic N) is 2. The SMILES string of the molecule is CC(C)(C)N1C=C2C(c3ccccc3)CCCN2C1. The van der Waals surface area contributed by atoms with Gasteiger partial charge in [-0.15, -0.1) is 0 Å². The lowest BCUT2D eigenvalue weighted by Gasteiger charge is -2.36. The molecule has 2 heteroatoms. The third-order valence-corrected chi connectivity index (χ3v) is 4.32. The zero-order valence-corrected chi connectivity index (χ0v) is 12.3. The fourth-order valence-electron chi connectivity index (χ4n) is 3.12. The molecule has 19 heavy (non-hydrogen) atoms. The van der Waals surface area contributed by atoms with Gasteiger partial charge in [0.1, 0.15) is 0 Å². The van der Waals surface area contributed by atoms with E-state index in [1.807, 2.05) is 0 Å². The molecule has 2 nitrogen and oxygen atoms in total. The van der Waals surface area contributed by atoms with Gasteiger partial charge in [0.25, 0.3) is 0 Å². The van der Waals surface area contributed by atoms with Crippen LogP contribution >= 0.6 is 0 Å². The predicted molar refractivity (Wildman–Crippen MR) is 79.7 cm³/mol. The van der Waals surface area contributed by atoms with Crippen LogP contribution in [0.5, 0.6) is 0 Å². The molecule has 102 valence electrons. The molecule has 2 aliphatic rings. The van der Waals surface area contributed by atoms with Crippen LogP contribution in [0, 0.1) is 0 Å². The molecule has 0 spiro atoms. The standard InChI is InChI=1S/C17H24N2/c1-17(2,3)19-12-16-15(10-7-11-18(16)13-19)14-8-5-4-6-9-14/h4-6,8-9,12,15H,7,10-11,13H2,1-3H3. The first-order chi connectivity index (χ1) is 9.05. The lowest BCUT2D eigenvalue weighted by atomic mass is 9.88. The quantitative estimate of drug-likeness (QED) is 0.754. The number of hydrogen-bond donors (Lipinski definition) is 0. The second-order valence-electron chi connectivity index (χ2n) is 6.70. The second kappa shape index (κ2) is 4.59. The van der Waals surface area contributed by atoms with Gasteiger partial charge in [0.2, 0.25) is 0 Å². The van der Waals surface area contributed by atoms with Gasteiger partial charge in [-0.25, -0.2) is 0 Å². The van der Waals surface area contributed by atoms with E-state index in [0.717, 1.165) is 6.67 Å². The van der Waals surface area contributed by atoms with E-state index in [9.17, 15) is 0 Å². The van der Waals surface area contributed by atoms with E-state index in [2.05, 4.69) is 67.1 Å². The van der Waals surface area contributed by atoms with E-state index < -0.39 is 0 Å². The Hall–Kier alpha value is -1.44. The van der Waals surface area contributed by atoms with E-state index in [-0.39, 0.29) is 5.54 Å². The second-order valence-corrected chi connectivity index (χ2v) is 6.70. The van der Waals surface area contributed by atoms with Gasteiger partial charge in [0, 0.05) is 29.9 Å². The summed E-state index contributed by atoms with van der Waals surface area (Å²) in [5.74, 6) is 0.585. The van der Waals surface area contributed by atoms with Crippen LogP contribution in [0.25, 0.3) is 0 Å². The molecule has 0 aliphatic carbocycles. The summed E-state index contributed by atoms with van der Waals surface area (Å²) in [6.45, 7) is 9.14. The number of fused-ring (bicyclic) bond motifs is 1. The Labute approximate surface area is 116 Å². The van der Waals surface area contributed by atoms with Crippen LogP contribution in [-0.4, -0.2) is 28.6 Å². The van der Waals surface area contributed by atoms with Crippen LogP contribution in [0.3, 0.4) is 0 Å². The minimum atomic E-state index is 0.214. The molecule has 0 aromatic heterocycles. The van der Waals surface area contributed by atoms with Crippen molar-refractivity contribution in [2.24, 2.45) is 0 Å². The smallest absolute Gasteiger partial charge is 0.0901 e. The first-order valence-corrected chi connectivity index (χ1v) is 7.34. The van der Waals surface area contributed by atoms with Crippen molar-refractivity contribution < 1.29 is 0 Å². The summed E-state index contributed by atoms with van der Waals surface area (Å²) >= 11 is 0. The third-order valence-electron chi connectivity index (χ3n) is 4.32. The van der Waals surface area contributed by atoms with Crippen molar-refractivity contribution in [3.8, 4) is 0 Å². The van der Waals surface area contributed by atoms with Crippen LogP contribution in [0.4, 0.5) is 0 Å². The number of hydrogen-bond acceptors (Lipinski definition) is 2. The van der Waals surface area contributed by atoms with E-state index in [1.54, 1.807) is 0 Å². The molecule has 0 N–H and O–H groups in total. The van der Waals surface area contributed by atoms with Gasteiger partial charge in [-0.2, -0.15) is 0 Å². The third kappa shape index (κ3) is 2.36. The molecule has 3 rings (SSSR count). The lowest BCUT2D eigenvalue weighted by molar-refractivity contribution is 0.148. The average Bonchev–Trinajstić information content (AvgIpc) is 2.83. The summed E-state index contributed by atoms with van der Waals surface area (Å²) in [5, 5.41) is 0. The lowest BCUT2D eigenvalue weighted by Crippen LogP contribution is -2.40. The van der Waals surface area contributed by atoms with Crippen LogP contribution in [0.1, 0.15) is 45.1 Å². The number of benzene rings is 1. The molecule has 1 aromatic rings. The molecular formula is C17H24N2. The highest BCUT2D eigenvalue weighted by atomic mass is 15.4. The molecule has 0 amide bonds. The Kier molecular flexibility index (Phi) is 3.04. The van der Waals surface area contributed by atoms with E-state index >= 15 is 0 Å².